The lowest BCUT2D eigenvalue weighted by molar-refractivity contribution is -0.130. The summed E-state index contributed by atoms with van der Waals surface area (Å²) in [6, 6.07) is 19.8. The van der Waals surface area contributed by atoms with Crippen LogP contribution in [0.1, 0.15) is 35.2 Å². The maximum Gasteiger partial charge on any atom is 0.290 e. The van der Waals surface area contributed by atoms with Gasteiger partial charge in [-0.1, -0.05) is 72.6 Å². The quantitative estimate of drug-likeness (QED) is 0.501. The van der Waals surface area contributed by atoms with Crippen molar-refractivity contribution in [1.82, 2.24) is 4.90 Å². The topological polar surface area (TPSA) is 74.7 Å². The van der Waals surface area contributed by atoms with E-state index in [2.05, 4.69) is 0 Å². The number of hydrogen-bond acceptors (Lipinski definition) is 4. The molecule has 0 aliphatic carbocycles. The third-order valence-electron chi connectivity index (χ3n) is 5.85. The van der Waals surface area contributed by atoms with Crippen molar-refractivity contribution in [2.24, 2.45) is 0 Å². The van der Waals surface area contributed by atoms with Crippen LogP contribution in [-0.2, 0) is 27.6 Å². The molecule has 1 amide bonds. The highest BCUT2D eigenvalue weighted by Crippen LogP contribution is 2.43. The lowest BCUT2D eigenvalue weighted by Gasteiger charge is -2.27. The first-order chi connectivity index (χ1) is 15.7. The lowest BCUT2D eigenvalue weighted by atomic mass is 10.0. The molecule has 0 fully saturated rings. The average molecular weight is 482 g/mol. The fourth-order valence-corrected chi connectivity index (χ4v) is 5.74. The molecule has 0 bridgehead atoms. The molecule has 0 saturated heterocycles. The predicted octanol–water partition coefficient (Wildman–Crippen LogP) is 5.54. The molecular formula is C26H24ClNO4S. The third kappa shape index (κ3) is 4.41. The van der Waals surface area contributed by atoms with Crippen LogP contribution in [0.3, 0.4) is 0 Å². The summed E-state index contributed by atoms with van der Waals surface area (Å²) in [5.41, 5.74) is 3.38. The van der Waals surface area contributed by atoms with Crippen LogP contribution in [0.15, 0.2) is 88.4 Å². The highest BCUT2D eigenvalue weighted by Gasteiger charge is 2.46. The Morgan fingerprint density at radius 1 is 0.909 bits per heavy atom. The number of hydrogen-bond donors (Lipinski definition) is 1. The number of nitrogens with zero attached hydrogens (tertiary/aromatic N) is 1. The van der Waals surface area contributed by atoms with Gasteiger partial charge in [0.05, 0.1) is 10.9 Å². The molecule has 5 nitrogen and oxygen atoms in total. The van der Waals surface area contributed by atoms with Crippen LogP contribution in [0, 0.1) is 6.92 Å². The molecule has 0 saturated carbocycles. The summed E-state index contributed by atoms with van der Waals surface area (Å²) in [5.74, 6) is -1.46. The minimum absolute atomic E-state index is 0.0333. The van der Waals surface area contributed by atoms with Crippen LogP contribution in [0.25, 0.3) is 0 Å². The monoisotopic (exact) mass is 481 g/mol. The van der Waals surface area contributed by atoms with E-state index in [4.69, 9.17) is 11.6 Å². The number of aliphatic hydroxyl groups excluding tert-OH is 1. The first-order valence-electron chi connectivity index (χ1n) is 10.6. The fraction of sp³-hybridized carbons (Fsp3) is 0.192. The van der Waals surface area contributed by atoms with E-state index in [-0.39, 0.29) is 16.3 Å². The van der Waals surface area contributed by atoms with Gasteiger partial charge in [-0.05, 0) is 54.3 Å². The van der Waals surface area contributed by atoms with Crippen molar-refractivity contribution in [3.63, 3.8) is 0 Å². The number of aryl methyl sites for hydroxylation is 2. The highest BCUT2D eigenvalue weighted by atomic mass is 35.5. The van der Waals surface area contributed by atoms with E-state index in [9.17, 15) is 18.3 Å². The summed E-state index contributed by atoms with van der Waals surface area (Å²) < 4.78 is 27.3. The molecular weight excluding hydrogens is 458 g/mol. The molecule has 0 radical (unpaired) electrons. The average Bonchev–Trinajstić information content (AvgIpc) is 3.06. The van der Waals surface area contributed by atoms with E-state index in [1.807, 2.05) is 38.1 Å². The van der Waals surface area contributed by atoms with E-state index >= 15 is 0 Å². The van der Waals surface area contributed by atoms with E-state index in [1.165, 1.54) is 17.0 Å². The Bertz CT molecular complexity index is 1310. The van der Waals surface area contributed by atoms with E-state index < -0.39 is 27.5 Å². The van der Waals surface area contributed by atoms with Gasteiger partial charge in [0.15, 0.2) is 5.76 Å². The van der Waals surface area contributed by atoms with E-state index in [1.54, 1.807) is 36.4 Å². The van der Waals surface area contributed by atoms with Crippen molar-refractivity contribution in [1.29, 1.82) is 0 Å². The van der Waals surface area contributed by atoms with Crippen molar-refractivity contribution in [3.05, 3.63) is 111 Å². The van der Waals surface area contributed by atoms with Gasteiger partial charge in [-0.3, -0.25) is 4.79 Å². The zero-order valence-corrected chi connectivity index (χ0v) is 19.9. The van der Waals surface area contributed by atoms with Crippen LogP contribution in [-0.4, -0.2) is 24.3 Å². The Kier molecular flexibility index (Phi) is 6.32. The molecule has 3 aromatic carbocycles. The van der Waals surface area contributed by atoms with Crippen molar-refractivity contribution in [2.45, 2.75) is 37.8 Å². The van der Waals surface area contributed by atoms with Crippen LogP contribution in [0.4, 0.5) is 0 Å². The Morgan fingerprint density at radius 3 is 2.06 bits per heavy atom. The number of sulfone groups is 1. The lowest BCUT2D eigenvalue weighted by Crippen LogP contribution is -2.30. The smallest absolute Gasteiger partial charge is 0.290 e. The van der Waals surface area contributed by atoms with E-state index in [0.29, 0.717) is 10.6 Å². The molecule has 0 spiro atoms. The first-order valence-corrected chi connectivity index (χ1v) is 12.5. The molecule has 4 rings (SSSR count). The summed E-state index contributed by atoms with van der Waals surface area (Å²) in [6.45, 7) is 4.01. The third-order valence-corrected chi connectivity index (χ3v) is 7.99. The van der Waals surface area contributed by atoms with Gasteiger partial charge in [-0.25, -0.2) is 8.42 Å². The van der Waals surface area contributed by atoms with Crippen molar-refractivity contribution in [3.8, 4) is 0 Å². The van der Waals surface area contributed by atoms with Gasteiger partial charge < -0.3 is 10.0 Å². The van der Waals surface area contributed by atoms with Gasteiger partial charge >= 0.3 is 0 Å². The van der Waals surface area contributed by atoms with Gasteiger partial charge in [-0.2, -0.15) is 0 Å². The SMILES string of the molecule is CCc1ccc([C@@H]2C(S(=O)(=O)c3ccc(C)cc3)=C(O)C(=O)N2Cc2ccc(Cl)cc2)cc1. The van der Waals surface area contributed by atoms with Gasteiger partial charge in [0.2, 0.25) is 9.84 Å². The normalized spacial score (nSPS) is 16.5. The highest BCUT2D eigenvalue weighted by molar-refractivity contribution is 7.95. The fourth-order valence-electron chi connectivity index (χ4n) is 3.96. The number of carbonyl (C=O) groups is 1. The second-order valence-corrected chi connectivity index (χ2v) is 10.4. The summed E-state index contributed by atoms with van der Waals surface area (Å²) in [5, 5.41) is 11.4. The van der Waals surface area contributed by atoms with Gasteiger partial charge in [0.1, 0.15) is 4.91 Å². The minimum Gasteiger partial charge on any atom is -0.502 e. The molecule has 1 N–H and O–H groups in total. The molecule has 170 valence electrons. The number of aliphatic hydroxyl groups is 1. The van der Waals surface area contributed by atoms with Gasteiger partial charge in [0, 0.05) is 11.6 Å². The number of amides is 1. The predicted molar refractivity (Wildman–Crippen MR) is 129 cm³/mol. The molecule has 7 heteroatoms. The van der Waals surface area contributed by atoms with Gasteiger partial charge in [0.25, 0.3) is 5.91 Å². The molecule has 1 aliphatic rings. The number of carbonyl (C=O) groups excluding carboxylic acids is 1. The summed E-state index contributed by atoms with van der Waals surface area (Å²) >= 11 is 5.99. The van der Waals surface area contributed by atoms with Crippen molar-refractivity contribution in [2.75, 3.05) is 0 Å². The molecule has 0 unspecified atom stereocenters. The van der Waals surface area contributed by atoms with Crippen LogP contribution in [0.5, 0.6) is 0 Å². The molecule has 1 aliphatic heterocycles. The maximum atomic E-state index is 13.6. The Hall–Kier alpha value is -3.09. The molecule has 33 heavy (non-hydrogen) atoms. The van der Waals surface area contributed by atoms with Crippen molar-refractivity contribution >= 4 is 27.3 Å². The second-order valence-electron chi connectivity index (χ2n) is 8.09. The largest absolute Gasteiger partial charge is 0.502 e. The number of halogens is 1. The van der Waals surface area contributed by atoms with Crippen molar-refractivity contribution < 1.29 is 18.3 Å². The van der Waals surface area contributed by atoms with Crippen LogP contribution < -0.4 is 0 Å². The number of benzene rings is 3. The maximum absolute atomic E-state index is 13.6. The first kappa shape index (κ1) is 23.1. The Morgan fingerprint density at radius 2 is 1.48 bits per heavy atom. The standard InChI is InChI=1S/C26H24ClNO4S/c1-3-18-6-10-20(11-7-18)23-25(33(31,32)22-14-4-17(2)5-15-22)24(29)26(30)28(23)16-19-8-12-21(27)13-9-19/h4-15,23,29H,3,16H2,1-2H3/t23-/m1/s1. The molecule has 0 aromatic heterocycles. The van der Waals surface area contributed by atoms with Crippen LogP contribution in [0.2, 0.25) is 5.02 Å². The minimum atomic E-state index is -4.14. The zero-order chi connectivity index (χ0) is 23.8. The summed E-state index contributed by atoms with van der Waals surface area (Å²) in [4.78, 5) is 14.3. The molecule has 1 atom stereocenters. The molecule has 3 aromatic rings. The Labute approximate surface area is 198 Å². The van der Waals surface area contributed by atoms with E-state index in [0.717, 1.165) is 23.1 Å². The second kappa shape index (κ2) is 9.04. The summed E-state index contributed by atoms with van der Waals surface area (Å²) in [7, 11) is -4.14. The summed E-state index contributed by atoms with van der Waals surface area (Å²) in [6.07, 6.45) is 0.827. The number of rotatable bonds is 6. The Balaban J connectivity index is 1.84. The zero-order valence-electron chi connectivity index (χ0n) is 18.3. The molecule has 1 heterocycles. The van der Waals surface area contributed by atoms with Crippen LogP contribution >= 0.6 is 11.6 Å². The van der Waals surface area contributed by atoms with Gasteiger partial charge in [-0.15, -0.1) is 0 Å².